The molecule has 1 atom stereocenters. The summed E-state index contributed by atoms with van der Waals surface area (Å²) in [4.78, 5) is 4.40. The topological polar surface area (TPSA) is 43.8 Å². The summed E-state index contributed by atoms with van der Waals surface area (Å²) in [5.41, 5.74) is 7.13. The number of nitrogens with two attached hydrogens (primary N) is 1. The van der Waals surface area contributed by atoms with Gasteiger partial charge in [-0.2, -0.15) is 0 Å². The first kappa shape index (κ1) is 8.75. The van der Waals surface area contributed by atoms with Gasteiger partial charge in [0.25, 0.3) is 0 Å². The van der Waals surface area contributed by atoms with Crippen LogP contribution in [0.2, 0.25) is 0 Å². The minimum atomic E-state index is 0.202. The van der Waals surface area contributed by atoms with Crippen molar-refractivity contribution >= 4 is 0 Å². The molecule has 1 heterocycles. The van der Waals surface area contributed by atoms with Gasteiger partial charge in [0.2, 0.25) is 0 Å². The van der Waals surface area contributed by atoms with Crippen LogP contribution in [0.3, 0.4) is 0 Å². The fourth-order valence-electron chi connectivity index (χ4n) is 1.70. The van der Waals surface area contributed by atoms with Crippen LogP contribution in [0.4, 0.5) is 0 Å². The van der Waals surface area contributed by atoms with Gasteiger partial charge in [-0.05, 0) is 19.8 Å². The van der Waals surface area contributed by atoms with Gasteiger partial charge in [0.1, 0.15) is 5.82 Å². The van der Waals surface area contributed by atoms with E-state index in [1.54, 1.807) is 0 Å². The lowest BCUT2D eigenvalue weighted by Crippen LogP contribution is -2.20. The van der Waals surface area contributed by atoms with Crippen LogP contribution in [0.25, 0.3) is 0 Å². The van der Waals surface area contributed by atoms with Gasteiger partial charge in [-0.3, -0.25) is 0 Å². The summed E-state index contributed by atoms with van der Waals surface area (Å²) in [6.07, 6.45) is 5.55. The van der Waals surface area contributed by atoms with Gasteiger partial charge in [0.15, 0.2) is 0 Å². The summed E-state index contributed by atoms with van der Waals surface area (Å²) in [6, 6.07) is 0.202. The molecule has 13 heavy (non-hydrogen) atoms. The van der Waals surface area contributed by atoms with Gasteiger partial charge >= 0.3 is 0 Å². The lowest BCUT2D eigenvalue weighted by atomic mass is 10.2. The second-order valence-electron chi connectivity index (χ2n) is 4.11. The van der Waals surface area contributed by atoms with Crippen molar-refractivity contribution in [2.75, 3.05) is 0 Å². The Morgan fingerprint density at radius 2 is 2.38 bits per heavy atom. The summed E-state index contributed by atoms with van der Waals surface area (Å²) in [5, 5.41) is 0. The van der Waals surface area contributed by atoms with Crippen LogP contribution in [-0.2, 0) is 13.5 Å². The summed E-state index contributed by atoms with van der Waals surface area (Å²) in [7, 11) is 2.10. The highest BCUT2D eigenvalue weighted by molar-refractivity contribution is 5.16. The van der Waals surface area contributed by atoms with E-state index in [2.05, 4.69) is 16.6 Å². The van der Waals surface area contributed by atoms with Gasteiger partial charge in [-0.15, -0.1) is 0 Å². The van der Waals surface area contributed by atoms with Crippen LogP contribution in [0, 0.1) is 0 Å². The number of rotatable bonds is 3. The highest BCUT2D eigenvalue weighted by Gasteiger charge is 2.27. The summed E-state index contributed by atoms with van der Waals surface area (Å²) in [5.74, 6) is 1.90. The summed E-state index contributed by atoms with van der Waals surface area (Å²) < 4.78 is 2.21. The SMILES string of the molecule is CC(N)Cc1ncc(C2CC2)n1C. The van der Waals surface area contributed by atoms with E-state index < -0.39 is 0 Å². The largest absolute Gasteiger partial charge is 0.335 e. The Balaban J connectivity index is 2.17. The summed E-state index contributed by atoms with van der Waals surface area (Å²) in [6.45, 7) is 2.02. The summed E-state index contributed by atoms with van der Waals surface area (Å²) >= 11 is 0. The second kappa shape index (κ2) is 3.14. The van der Waals surface area contributed by atoms with Crippen molar-refractivity contribution in [2.24, 2.45) is 12.8 Å². The molecule has 0 aromatic carbocycles. The minimum absolute atomic E-state index is 0.202. The Morgan fingerprint density at radius 3 is 2.92 bits per heavy atom. The van der Waals surface area contributed by atoms with Crippen LogP contribution >= 0.6 is 0 Å². The Hall–Kier alpha value is -0.830. The average molecular weight is 179 g/mol. The first-order chi connectivity index (χ1) is 6.18. The molecule has 1 fully saturated rings. The molecule has 2 rings (SSSR count). The minimum Gasteiger partial charge on any atom is -0.335 e. The molecule has 1 aliphatic carbocycles. The van der Waals surface area contributed by atoms with Gasteiger partial charge < -0.3 is 10.3 Å². The van der Waals surface area contributed by atoms with Crippen LogP contribution in [0.15, 0.2) is 6.20 Å². The third-order valence-corrected chi connectivity index (χ3v) is 2.62. The highest BCUT2D eigenvalue weighted by atomic mass is 15.1. The molecule has 2 N–H and O–H groups in total. The molecule has 1 unspecified atom stereocenters. The molecule has 0 amide bonds. The monoisotopic (exact) mass is 179 g/mol. The number of aromatic nitrogens is 2. The fourth-order valence-corrected chi connectivity index (χ4v) is 1.70. The van der Waals surface area contributed by atoms with Crippen LogP contribution in [0.1, 0.15) is 37.2 Å². The molecule has 0 radical (unpaired) electrons. The van der Waals surface area contributed by atoms with E-state index in [9.17, 15) is 0 Å². The molecule has 0 saturated heterocycles. The van der Waals surface area contributed by atoms with E-state index in [4.69, 9.17) is 5.73 Å². The molecule has 0 spiro atoms. The first-order valence-corrected chi connectivity index (χ1v) is 4.94. The Bertz CT molecular complexity index is 297. The Kier molecular flexibility index (Phi) is 2.12. The number of hydrogen-bond acceptors (Lipinski definition) is 2. The van der Waals surface area contributed by atoms with E-state index in [1.807, 2.05) is 13.1 Å². The first-order valence-electron chi connectivity index (χ1n) is 4.94. The van der Waals surface area contributed by atoms with E-state index in [0.717, 1.165) is 18.2 Å². The lowest BCUT2D eigenvalue weighted by Gasteiger charge is -2.06. The van der Waals surface area contributed by atoms with Gasteiger partial charge in [-0.25, -0.2) is 4.98 Å². The Morgan fingerprint density at radius 1 is 1.69 bits per heavy atom. The van der Waals surface area contributed by atoms with Crippen molar-refractivity contribution in [1.82, 2.24) is 9.55 Å². The fraction of sp³-hybridized carbons (Fsp3) is 0.700. The number of hydrogen-bond donors (Lipinski definition) is 1. The molecule has 3 nitrogen and oxygen atoms in total. The molecule has 0 aliphatic heterocycles. The molecule has 1 aromatic rings. The molecule has 1 aliphatic rings. The zero-order valence-corrected chi connectivity index (χ0v) is 8.33. The maximum Gasteiger partial charge on any atom is 0.110 e. The van der Waals surface area contributed by atoms with E-state index >= 15 is 0 Å². The van der Waals surface area contributed by atoms with Crippen molar-refractivity contribution in [3.05, 3.63) is 17.7 Å². The van der Waals surface area contributed by atoms with E-state index in [0.29, 0.717) is 0 Å². The van der Waals surface area contributed by atoms with E-state index in [-0.39, 0.29) is 6.04 Å². The van der Waals surface area contributed by atoms with Gasteiger partial charge in [0, 0.05) is 37.3 Å². The van der Waals surface area contributed by atoms with Crippen molar-refractivity contribution < 1.29 is 0 Å². The van der Waals surface area contributed by atoms with Crippen molar-refractivity contribution in [1.29, 1.82) is 0 Å². The molecule has 3 heteroatoms. The van der Waals surface area contributed by atoms with Crippen LogP contribution < -0.4 is 5.73 Å². The average Bonchev–Trinajstić information content (AvgIpc) is 2.81. The predicted molar refractivity (Wildman–Crippen MR) is 52.5 cm³/mol. The maximum absolute atomic E-state index is 5.74. The maximum atomic E-state index is 5.74. The third-order valence-electron chi connectivity index (χ3n) is 2.62. The quantitative estimate of drug-likeness (QED) is 0.757. The molecule has 0 bridgehead atoms. The number of nitrogens with zero attached hydrogens (tertiary/aromatic N) is 2. The zero-order chi connectivity index (χ0) is 9.42. The molecule has 1 saturated carbocycles. The molecule has 1 aromatic heterocycles. The lowest BCUT2D eigenvalue weighted by molar-refractivity contribution is 0.661. The smallest absolute Gasteiger partial charge is 0.110 e. The molecular formula is C10H17N3. The molecule has 72 valence electrons. The Labute approximate surface area is 79.0 Å². The third kappa shape index (κ3) is 1.75. The van der Waals surface area contributed by atoms with Crippen LogP contribution in [0.5, 0.6) is 0 Å². The standard InChI is InChI=1S/C10H17N3/c1-7(11)5-10-12-6-9(13(10)2)8-3-4-8/h6-8H,3-5,11H2,1-2H3. The van der Waals surface area contributed by atoms with Gasteiger partial charge in [0.05, 0.1) is 0 Å². The van der Waals surface area contributed by atoms with Crippen molar-refractivity contribution in [3.63, 3.8) is 0 Å². The van der Waals surface area contributed by atoms with Crippen molar-refractivity contribution in [2.45, 2.75) is 38.1 Å². The van der Waals surface area contributed by atoms with E-state index in [1.165, 1.54) is 18.5 Å². The highest BCUT2D eigenvalue weighted by Crippen LogP contribution is 2.39. The predicted octanol–water partition coefficient (Wildman–Crippen LogP) is 1.19. The van der Waals surface area contributed by atoms with Crippen molar-refractivity contribution in [3.8, 4) is 0 Å². The normalized spacial score (nSPS) is 19.0. The van der Waals surface area contributed by atoms with Gasteiger partial charge in [-0.1, -0.05) is 0 Å². The second-order valence-corrected chi connectivity index (χ2v) is 4.11. The zero-order valence-electron chi connectivity index (χ0n) is 8.33. The molecular weight excluding hydrogens is 162 g/mol. The number of imidazole rings is 1. The van der Waals surface area contributed by atoms with Crippen LogP contribution in [-0.4, -0.2) is 15.6 Å².